The van der Waals surface area contributed by atoms with Crippen molar-refractivity contribution in [1.29, 1.82) is 5.26 Å². The molecule has 0 spiro atoms. The lowest BCUT2D eigenvalue weighted by Gasteiger charge is -2.08. The second kappa shape index (κ2) is 7.26. The molecule has 4 nitrogen and oxygen atoms in total. The van der Waals surface area contributed by atoms with E-state index in [1.807, 2.05) is 22.9 Å². The van der Waals surface area contributed by atoms with Crippen molar-refractivity contribution >= 4 is 11.6 Å². The number of hydrogen-bond donors (Lipinski definition) is 1. The Morgan fingerprint density at radius 1 is 1.33 bits per heavy atom. The zero-order valence-corrected chi connectivity index (χ0v) is 13.1. The molecule has 1 aromatic carbocycles. The topological polar surface area (TPSA) is 53.6 Å². The second-order valence-electron chi connectivity index (χ2n) is 4.79. The minimum Gasteiger partial charge on any atom is -0.307 e. The van der Waals surface area contributed by atoms with Crippen LogP contribution < -0.4 is 5.32 Å². The van der Waals surface area contributed by atoms with Crippen molar-refractivity contribution in [2.75, 3.05) is 0 Å². The van der Waals surface area contributed by atoms with Gasteiger partial charge in [0.1, 0.15) is 0 Å². The molecule has 0 saturated heterocycles. The van der Waals surface area contributed by atoms with Gasteiger partial charge in [-0.15, -0.1) is 0 Å². The van der Waals surface area contributed by atoms with Gasteiger partial charge in [0.15, 0.2) is 0 Å². The summed E-state index contributed by atoms with van der Waals surface area (Å²) in [5.74, 6) is 0. The highest BCUT2D eigenvalue weighted by Gasteiger charge is 2.13. The Kier molecular flexibility index (Phi) is 5.38. The molecule has 0 aliphatic rings. The van der Waals surface area contributed by atoms with Crippen LogP contribution in [0.5, 0.6) is 0 Å². The molecule has 110 valence electrons. The number of nitrogens with zero attached hydrogens (tertiary/aromatic N) is 3. The van der Waals surface area contributed by atoms with Gasteiger partial charge in [-0.05, 0) is 31.0 Å². The average molecular weight is 303 g/mol. The quantitative estimate of drug-likeness (QED) is 0.891. The second-order valence-corrected chi connectivity index (χ2v) is 5.17. The highest BCUT2D eigenvalue weighted by Crippen LogP contribution is 2.21. The molecule has 5 heteroatoms. The molecule has 2 rings (SSSR count). The van der Waals surface area contributed by atoms with Crippen LogP contribution in [-0.4, -0.2) is 9.78 Å². The number of aryl methyl sites for hydroxylation is 2. The van der Waals surface area contributed by atoms with E-state index in [0.717, 1.165) is 34.9 Å². The first-order chi connectivity index (χ1) is 10.2. The Morgan fingerprint density at radius 3 is 2.81 bits per heavy atom. The zero-order valence-electron chi connectivity index (χ0n) is 12.4. The fourth-order valence-corrected chi connectivity index (χ4v) is 2.60. The van der Waals surface area contributed by atoms with E-state index in [-0.39, 0.29) is 0 Å². The van der Waals surface area contributed by atoms with Crippen LogP contribution in [0.4, 0.5) is 0 Å². The first kappa shape index (κ1) is 15.6. The van der Waals surface area contributed by atoms with Gasteiger partial charge in [-0.1, -0.05) is 30.7 Å². The molecule has 21 heavy (non-hydrogen) atoms. The highest BCUT2D eigenvalue weighted by molar-refractivity contribution is 6.31. The maximum atomic E-state index is 8.90. The van der Waals surface area contributed by atoms with E-state index in [4.69, 9.17) is 16.9 Å². The van der Waals surface area contributed by atoms with Crippen molar-refractivity contribution in [3.05, 3.63) is 51.8 Å². The van der Waals surface area contributed by atoms with E-state index < -0.39 is 0 Å². The molecular weight excluding hydrogens is 284 g/mol. The summed E-state index contributed by atoms with van der Waals surface area (Å²) in [6.45, 7) is 6.28. The summed E-state index contributed by atoms with van der Waals surface area (Å²) in [5, 5.41) is 17.5. The van der Waals surface area contributed by atoms with Gasteiger partial charge in [-0.3, -0.25) is 4.68 Å². The Morgan fingerprint density at radius 2 is 2.14 bits per heavy atom. The Balaban J connectivity index is 2.03. The standard InChI is InChI=1S/C16H19ClN4/c1-3-14-16(17)15(21(4-2)20-14)11-19-10-13-7-5-6-12(8-13)9-18/h5-8,19H,3-4,10-11H2,1-2H3. The third kappa shape index (κ3) is 3.63. The van der Waals surface area contributed by atoms with Crippen molar-refractivity contribution in [3.8, 4) is 6.07 Å². The molecule has 0 saturated carbocycles. The fourth-order valence-electron chi connectivity index (χ4n) is 2.26. The van der Waals surface area contributed by atoms with Crippen LogP contribution in [0.25, 0.3) is 0 Å². The van der Waals surface area contributed by atoms with E-state index >= 15 is 0 Å². The molecular formula is C16H19ClN4. The molecule has 0 amide bonds. The molecule has 0 aliphatic heterocycles. The molecule has 1 N–H and O–H groups in total. The van der Waals surface area contributed by atoms with Gasteiger partial charge < -0.3 is 5.32 Å². The SMILES string of the molecule is CCc1nn(CC)c(CNCc2cccc(C#N)c2)c1Cl. The summed E-state index contributed by atoms with van der Waals surface area (Å²) in [5.41, 5.74) is 3.73. The van der Waals surface area contributed by atoms with E-state index in [1.165, 1.54) is 0 Å². The Hall–Kier alpha value is -1.83. The van der Waals surface area contributed by atoms with Crippen molar-refractivity contribution in [3.63, 3.8) is 0 Å². The van der Waals surface area contributed by atoms with Gasteiger partial charge in [0.05, 0.1) is 28.0 Å². The molecule has 0 aliphatic carbocycles. The monoisotopic (exact) mass is 302 g/mol. The number of aromatic nitrogens is 2. The molecule has 0 radical (unpaired) electrons. The van der Waals surface area contributed by atoms with Crippen LogP contribution in [-0.2, 0) is 26.1 Å². The predicted octanol–water partition coefficient (Wildman–Crippen LogP) is 3.28. The van der Waals surface area contributed by atoms with Gasteiger partial charge in [0.25, 0.3) is 0 Å². The summed E-state index contributed by atoms with van der Waals surface area (Å²) in [4.78, 5) is 0. The van der Waals surface area contributed by atoms with Gasteiger partial charge in [0, 0.05) is 19.6 Å². The van der Waals surface area contributed by atoms with E-state index in [0.29, 0.717) is 18.7 Å². The lowest BCUT2D eigenvalue weighted by atomic mass is 10.1. The Bertz CT molecular complexity index is 655. The van der Waals surface area contributed by atoms with Crippen LogP contribution in [0.1, 0.15) is 36.4 Å². The molecule has 0 bridgehead atoms. The van der Waals surface area contributed by atoms with Gasteiger partial charge in [-0.25, -0.2) is 0 Å². The van der Waals surface area contributed by atoms with Crippen molar-refractivity contribution in [2.45, 2.75) is 39.9 Å². The van der Waals surface area contributed by atoms with Crippen molar-refractivity contribution in [1.82, 2.24) is 15.1 Å². The number of rotatable bonds is 6. The maximum absolute atomic E-state index is 8.90. The normalized spacial score (nSPS) is 10.6. The minimum absolute atomic E-state index is 0.663. The molecule has 0 atom stereocenters. The average Bonchev–Trinajstić information content (AvgIpc) is 2.83. The lowest BCUT2D eigenvalue weighted by molar-refractivity contribution is 0.577. The van der Waals surface area contributed by atoms with Crippen LogP contribution in [0.2, 0.25) is 5.02 Å². The first-order valence-electron chi connectivity index (χ1n) is 7.13. The molecule has 1 aromatic heterocycles. The summed E-state index contributed by atoms with van der Waals surface area (Å²) < 4.78 is 1.94. The molecule has 0 unspecified atom stereocenters. The van der Waals surface area contributed by atoms with Gasteiger partial charge in [0.2, 0.25) is 0 Å². The van der Waals surface area contributed by atoms with E-state index in [1.54, 1.807) is 6.07 Å². The fraction of sp³-hybridized carbons (Fsp3) is 0.375. The summed E-state index contributed by atoms with van der Waals surface area (Å²) >= 11 is 6.37. The zero-order chi connectivity index (χ0) is 15.2. The van der Waals surface area contributed by atoms with E-state index in [2.05, 4.69) is 30.3 Å². The van der Waals surface area contributed by atoms with Gasteiger partial charge >= 0.3 is 0 Å². The molecule has 1 heterocycles. The number of nitrogens with one attached hydrogen (secondary N) is 1. The van der Waals surface area contributed by atoms with Crippen LogP contribution in [0, 0.1) is 11.3 Å². The largest absolute Gasteiger partial charge is 0.307 e. The maximum Gasteiger partial charge on any atom is 0.0991 e. The smallest absolute Gasteiger partial charge is 0.0991 e. The van der Waals surface area contributed by atoms with Crippen LogP contribution in [0.15, 0.2) is 24.3 Å². The Labute approximate surface area is 130 Å². The third-order valence-electron chi connectivity index (χ3n) is 3.37. The molecule has 2 aromatic rings. The predicted molar refractivity (Wildman–Crippen MR) is 84.0 cm³/mol. The van der Waals surface area contributed by atoms with Crippen molar-refractivity contribution in [2.24, 2.45) is 0 Å². The number of benzene rings is 1. The first-order valence-corrected chi connectivity index (χ1v) is 7.51. The lowest BCUT2D eigenvalue weighted by Crippen LogP contribution is -2.16. The number of halogens is 1. The number of nitriles is 1. The van der Waals surface area contributed by atoms with Gasteiger partial charge in [-0.2, -0.15) is 10.4 Å². The van der Waals surface area contributed by atoms with E-state index in [9.17, 15) is 0 Å². The third-order valence-corrected chi connectivity index (χ3v) is 3.81. The van der Waals surface area contributed by atoms with Crippen LogP contribution >= 0.6 is 11.6 Å². The summed E-state index contributed by atoms with van der Waals surface area (Å²) in [6, 6.07) is 9.75. The highest BCUT2D eigenvalue weighted by atomic mass is 35.5. The number of hydrogen-bond acceptors (Lipinski definition) is 3. The molecule has 0 fully saturated rings. The van der Waals surface area contributed by atoms with Crippen LogP contribution in [0.3, 0.4) is 0 Å². The minimum atomic E-state index is 0.663. The van der Waals surface area contributed by atoms with Crippen molar-refractivity contribution < 1.29 is 0 Å². The summed E-state index contributed by atoms with van der Waals surface area (Å²) in [7, 11) is 0. The summed E-state index contributed by atoms with van der Waals surface area (Å²) in [6.07, 6.45) is 0.836.